The molecule has 2 aliphatic heterocycles. The van der Waals surface area contributed by atoms with Crippen molar-refractivity contribution >= 4 is 11.6 Å². The second-order valence-corrected chi connectivity index (χ2v) is 9.59. The highest BCUT2D eigenvalue weighted by Crippen LogP contribution is 2.34. The molecule has 184 valence electrons. The Morgan fingerprint density at radius 3 is 2.66 bits per heavy atom. The molecule has 2 aliphatic rings. The van der Waals surface area contributed by atoms with Crippen LogP contribution in [0.2, 0.25) is 5.02 Å². The van der Waals surface area contributed by atoms with Crippen LogP contribution in [0.4, 0.5) is 4.39 Å². The predicted octanol–water partition coefficient (Wildman–Crippen LogP) is 5.29. The highest BCUT2D eigenvalue weighted by Gasteiger charge is 2.29. The van der Waals surface area contributed by atoms with Crippen molar-refractivity contribution in [3.8, 4) is 5.75 Å². The Labute approximate surface area is 209 Å². The summed E-state index contributed by atoms with van der Waals surface area (Å²) in [6.07, 6.45) is 0.227. The number of hydrogen-bond acceptors (Lipinski definition) is 5. The van der Waals surface area contributed by atoms with Gasteiger partial charge in [-0.2, -0.15) is 0 Å². The molecule has 3 aromatic carbocycles. The van der Waals surface area contributed by atoms with E-state index >= 15 is 0 Å². The molecule has 5 rings (SSSR count). The van der Waals surface area contributed by atoms with E-state index in [1.54, 1.807) is 6.07 Å². The van der Waals surface area contributed by atoms with Gasteiger partial charge in [-0.25, -0.2) is 4.39 Å². The molecule has 0 bridgehead atoms. The van der Waals surface area contributed by atoms with Gasteiger partial charge in [0, 0.05) is 17.9 Å². The molecule has 0 saturated carbocycles. The lowest BCUT2D eigenvalue weighted by Crippen LogP contribution is -2.33. The van der Waals surface area contributed by atoms with E-state index in [1.165, 1.54) is 12.1 Å². The Balaban J connectivity index is 1.22. The number of hydrogen-bond donors (Lipinski definition) is 2. The fraction of sp³-hybridized carbons (Fsp3) is 0.357. The maximum Gasteiger partial charge on any atom is 0.123 e. The fourth-order valence-corrected chi connectivity index (χ4v) is 4.96. The molecule has 35 heavy (non-hydrogen) atoms. The number of fused-ring (bicyclic) bond motifs is 1. The molecule has 2 N–H and O–H groups in total. The zero-order valence-corrected chi connectivity index (χ0v) is 20.0. The van der Waals surface area contributed by atoms with Crippen molar-refractivity contribution in [1.82, 2.24) is 0 Å². The summed E-state index contributed by atoms with van der Waals surface area (Å²) in [6.45, 7) is 0.639. The largest absolute Gasteiger partial charge is 0.491 e. The average molecular weight is 499 g/mol. The minimum absolute atomic E-state index is 0.111. The van der Waals surface area contributed by atoms with Crippen LogP contribution in [0.1, 0.15) is 52.9 Å². The van der Waals surface area contributed by atoms with E-state index in [4.69, 9.17) is 25.8 Å². The SMILES string of the molecule is OCC1CC(O)CC(c2ccc(Cl)c(Cc3ccc(OCC4OCc5cc(F)ccc54)cc3)c2)O1. The molecule has 0 aliphatic carbocycles. The maximum absolute atomic E-state index is 13.4. The van der Waals surface area contributed by atoms with Gasteiger partial charge in [-0.3, -0.25) is 0 Å². The lowest BCUT2D eigenvalue weighted by molar-refractivity contribution is -0.113. The second-order valence-electron chi connectivity index (χ2n) is 9.18. The lowest BCUT2D eigenvalue weighted by atomic mass is 9.94. The van der Waals surface area contributed by atoms with Gasteiger partial charge in [-0.15, -0.1) is 0 Å². The van der Waals surface area contributed by atoms with Crippen molar-refractivity contribution < 1.29 is 28.8 Å². The van der Waals surface area contributed by atoms with E-state index in [0.29, 0.717) is 37.5 Å². The first-order valence-electron chi connectivity index (χ1n) is 11.8. The monoisotopic (exact) mass is 498 g/mol. The molecule has 3 aromatic rings. The highest BCUT2D eigenvalue weighted by molar-refractivity contribution is 6.31. The van der Waals surface area contributed by atoms with Gasteiger partial charge in [0.15, 0.2) is 0 Å². The van der Waals surface area contributed by atoms with Crippen molar-refractivity contribution in [3.05, 3.63) is 99.3 Å². The van der Waals surface area contributed by atoms with Crippen molar-refractivity contribution in [3.63, 3.8) is 0 Å². The Hall–Kier alpha value is -2.48. The third-order valence-electron chi connectivity index (χ3n) is 6.63. The van der Waals surface area contributed by atoms with Gasteiger partial charge in [0.25, 0.3) is 0 Å². The van der Waals surface area contributed by atoms with Crippen molar-refractivity contribution in [2.24, 2.45) is 0 Å². The normalized spacial score (nSPS) is 23.8. The van der Waals surface area contributed by atoms with E-state index in [0.717, 1.165) is 33.6 Å². The van der Waals surface area contributed by atoms with E-state index in [-0.39, 0.29) is 30.7 Å². The topological polar surface area (TPSA) is 68.2 Å². The van der Waals surface area contributed by atoms with Crippen LogP contribution in [-0.2, 0) is 22.5 Å². The van der Waals surface area contributed by atoms with E-state index in [2.05, 4.69) is 0 Å². The van der Waals surface area contributed by atoms with Crippen LogP contribution in [0.25, 0.3) is 0 Å². The fourth-order valence-electron chi connectivity index (χ4n) is 4.78. The number of ether oxygens (including phenoxy) is 3. The molecule has 0 spiro atoms. The third kappa shape index (κ3) is 5.68. The first-order valence-corrected chi connectivity index (χ1v) is 12.2. The molecular weight excluding hydrogens is 471 g/mol. The summed E-state index contributed by atoms with van der Waals surface area (Å²) in [5.41, 5.74) is 4.82. The summed E-state index contributed by atoms with van der Waals surface area (Å²) < 4.78 is 31.0. The first kappa shape index (κ1) is 24.2. The standard InChI is InChI=1S/C28H28ClFO5/c29-26-8-3-18(27-13-22(32)12-24(14-31)35-27)10-19(26)9-17-1-5-23(6-2-17)33-16-28-25-7-4-21(30)11-20(25)15-34-28/h1-8,10-11,22,24,27-28,31-32H,9,12-16H2. The van der Waals surface area contributed by atoms with Crippen molar-refractivity contribution in [2.75, 3.05) is 13.2 Å². The van der Waals surface area contributed by atoms with Gasteiger partial charge in [0.2, 0.25) is 0 Å². The zero-order valence-electron chi connectivity index (χ0n) is 19.2. The molecule has 4 atom stereocenters. The number of aliphatic hydroxyl groups excluding tert-OH is 2. The Kier molecular flexibility index (Phi) is 7.37. The Morgan fingerprint density at radius 1 is 1.03 bits per heavy atom. The minimum atomic E-state index is -0.498. The van der Waals surface area contributed by atoms with Gasteiger partial charge in [-0.05, 0) is 64.6 Å². The molecular formula is C28H28ClFO5. The molecule has 7 heteroatoms. The third-order valence-corrected chi connectivity index (χ3v) is 7.00. The van der Waals surface area contributed by atoms with Crippen molar-refractivity contribution in [1.29, 1.82) is 0 Å². The summed E-state index contributed by atoms with van der Waals surface area (Å²) in [5, 5.41) is 20.3. The summed E-state index contributed by atoms with van der Waals surface area (Å²) in [7, 11) is 0. The molecule has 1 saturated heterocycles. The van der Waals surface area contributed by atoms with Crippen molar-refractivity contribution in [2.45, 2.75) is 50.3 Å². The van der Waals surface area contributed by atoms with Crippen LogP contribution in [0.15, 0.2) is 60.7 Å². The predicted molar refractivity (Wildman–Crippen MR) is 130 cm³/mol. The molecule has 2 heterocycles. The second kappa shape index (κ2) is 10.6. The molecule has 1 fully saturated rings. The maximum atomic E-state index is 13.4. The van der Waals surface area contributed by atoms with Crippen LogP contribution in [0, 0.1) is 5.82 Å². The quantitative estimate of drug-likeness (QED) is 0.463. The Bertz CT molecular complexity index is 1170. The van der Waals surface area contributed by atoms with Gasteiger partial charge < -0.3 is 24.4 Å². The summed E-state index contributed by atoms with van der Waals surface area (Å²) >= 11 is 6.48. The number of aliphatic hydroxyl groups is 2. The van der Waals surface area contributed by atoms with Crippen LogP contribution in [-0.4, -0.2) is 35.6 Å². The van der Waals surface area contributed by atoms with Gasteiger partial charge in [0.1, 0.15) is 24.3 Å². The number of benzene rings is 3. The molecule has 0 aromatic heterocycles. The van der Waals surface area contributed by atoms with Gasteiger partial charge in [0.05, 0.1) is 31.5 Å². The molecule has 0 amide bonds. The molecule has 0 radical (unpaired) electrons. The van der Waals surface area contributed by atoms with E-state index in [9.17, 15) is 14.6 Å². The first-order chi connectivity index (χ1) is 17.0. The summed E-state index contributed by atoms with van der Waals surface area (Å²) in [6, 6.07) is 18.3. The number of halogens is 2. The average Bonchev–Trinajstić information content (AvgIpc) is 3.26. The van der Waals surface area contributed by atoms with E-state index in [1.807, 2.05) is 42.5 Å². The van der Waals surface area contributed by atoms with Crippen LogP contribution >= 0.6 is 11.6 Å². The van der Waals surface area contributed by atoms with Gasteiger partial charge >= 0.3 is 0 Å². The molecule has 5 nitrogen and oxygen atoms in total. The smallest absolute Gasteiger partial charge is 0.123 e. The van der Waals surface area contributed by atoms with Gasteiger partial charge in [-0.1, -0.05) is 41.9 Å². The number of rotatable bonds is 7. The minimum Gasteiger partial charge on any atom is -0.491 e. The van der Waals surface area contributed by atoms with Crippen LogP contribution < -0.4 is 4.74 Å². The van der Waals surface area contributed by atoms with Crippen LogP contribution in [0.3, 0.4) is 0 Å². The zero-order chi connectivity index (χ0) is 24.4. The lowest BCUT2D eigenvalue weighted by Gasteiger charge is -2.32. The Morgan fingerprint density at radius 2 is 1.86 bits per heavy atom. The van der Waals surface area contributed by atoms with E-state index < -0.39 is 6.10 Å². The highest BCUT2D eigenvalue weighted by atomic mass is 35.5. The summed E-state index contributed by atoms with van der Waals surface area (Å²) in [4.78, 5) is 0. The summed E-state index contributed by atoms with van der Waals surface area (Å²) in [5.74, 6) is 0.473. The van der Waals surface area contributed by atoms with Crippen LogP contribution in [0.5, 0.6) is 5.75 Å². The molecule has 4 unspecified atom stereocenters.